The highest BCUT2D eigenvalue weighted by atomic mass is 16.3. The van der Waals surface area contributed by atoms with Gasteiger partial charge in [-0.05, 0) is 41.5 Å². The topological polar surface area (TPSA) is 145 Å². The molecule has 0 saturated carbocycles. The summed E-state index contributed by atoms with van der Waals surface area (Å²) in [6.45, 7) is 0. The number of para-hydroxylation sites is 1. The van der Waals surface area contributed by atoms with Crippen molar-refractivity contribution in [2.45, 2.75) is 30.5 Å². The lowest BCUT2D eigenvalue weighted by Gasteiger charge is -2.33. The Bertz CT molecular complexity index is 1450. The number of aliphatic hydroxyl groups is 1. The van der Waals surface area contributed by atoms with Crippen LogP contribution in [0.25, 0.3) is 0 Å². The first-order chi connectivity index (χ1) is 19.5. The summed E-state index contributed by atoms with van der Waals surface area (Å²) in [4.78, 5) is 45.9. The maximum absolute atomic E-state index is 13.2. The number of benzene rings is 2. The van der Waals surface area contributed by atoms with E-state index in [1.54, 1.807) is 36.7 Å². The molecule has 4 amide bonds. The Hall–Kier alpha value is -5.09. The van der Waals surface area contributed by atoms with Gasteiger partial charge in [0, 0.05) is 23.8 Å². The number of aromatic nitrogens is 2. The Kier molecular flexibility index (Phi) is 8.07. The number of hydrogen-bond acceptors (Lipinski definition) is 7. The zero-order valence-electron chi connectivity index (χ0n) is 21.4. The van der Waals surface area contributed by atoms with Crippen LogP contribution in [0, 0.1) is 0 Å². The number of urea groups is 1. The van der Waals surface area contributed by atoms with E-state index < -0.39 is 42.0 Å². The van der Waals surface area contributed by atoms with Gasteiger partial charge in [0.05, 0.1) is 24.5 Å². The van der Waals surface area contributed by atoms with E-state index in [-0.39, 0.29) is 6.42 Å². The fraction of sp³-hybridized carbons (Fsp3) is 0.167. The third kappa shape index (κ3) is 6.13. The van der Waals surface area contributed by atoms with Crippen molar-refractivity contribution in [1.82, 2.24) is 20.6 Å². The van der Waals surface area contributed by atoms with Crippen LogP contribution in [0.3, 0.4) is 0 Å². The van der Waals surface area contributed by atoms with Crippen LogP contribution in [0.15, 0.2) is 103 Å². The van der Waals surface area contributed by atoms with E-state index in [0.717, 1.165) is 0 Å². The van der Waals surface area contributed by atoms with Crippen molar-refractivity contribution < 1.29 is 19.5 Å². The number of imide groups is 1. The van der Waals surface area contributed by atoms with E-state index >= 15 is 0 Å². The number of amides is 4. The van der Waals surface area contributed by atoms with E-state index in [4.69, 9.17) is 0 Å². The highest BCUT2D eigenvalue weighted by Gasteiger charge is 2.36. The van der Waals surface area contributed by atoms with Crippen LogP contribution in [0.1, 0.15) is 41.3 Å². The molecule has 3 heterocycles. The zero-order valence-corrected chi connectivity index (χ0v) is 21.4. The third-order valence-electron chi connectivity index (χ3n) is 6.66. The summed E-state index contributed by atoms with van der Waals surface area (Å²) < 4.78 is 0. The molecule has 10 nitrogen and oxygen atoms in total. The Morgan fingerprint density at radius 2 is 1.57 bits per heavy atom. The molecule has 40 heavy (non-hydrogen) atoms. The average molecular weight is 537 g/mol. The molecule has 1 saturated heterocycles. The lowest BCUT2D eigenvalue weighted by molar-refractivity contribution is -0.126. The maximum atomic E-state index is 13.2. The summed E-state index contributed by atoms with van der Waals surface area (Å²) in [7, 11) is 0. The van der Waals surface area contributed by atoms with E-state index in [9.17, 15) is 19.5 Å². The average Bonchev–Trinajstić information content (AvgIpc) is 2.98. The molecule has 10 heteroatoms. The first-order valence-corrected chi connectivity index (χ1v) is 12.8. The molecule has 202 valence electrons. The van der Waals surface area contributed by atoms with Gasteiger partial charge >= 0.3 is 6.03 Å². The second-order valence-electron chi connectivity index (χ2n) is 9.33. The molecule has 0 bridgehead atoms. The van der Waals surface area contributed by atoms with E-state index in [1.807, 2.05) is 66.7 Å². The highest BCUT2D eigenvalue weighted by Crippen LogP contribution is 2.43. The third-order valence-corrected chi connectivity index (χ3v) is 6.66. The molecule has 4 atom stereocenters. The molecule has 2 aromatic heterocycles. The van der Waals surface area contributed by atoms with Gasteiger partial charge in [0.1, 0.15) is 11.9 Å². The van der Waals surface area contributed by atoms with Crippen LogP contribution < -0.4 is 21.3 Å². The van der Waals surface area contributed by atoms with Crippen molar-refractivity contribution >= 4 is 29.4 Å². The smallest absolute Gasteiger partial charge is 0.322 e. The van der Waals surface area contributed by atoms with Crippen molar-refractivity contribution in [1.29, 1.82) is 0 Å². The minimum Gasteiger partial charge on any atom is -0.388 e. The number of aliphatic hydroxyl groups excluding tert-OH is 1. The number of rotatable bonds is 9. The van der Waals surface area contributed by atoms with Crippen LogP contribution >= 0.6 is 0 Å². The van der Waals surface area contributed by atoms with Crippen molar-refractivity contribution in [3.8, 4) is 0 Å². The monoisotopic (exact) mass is 536 g/mol. The predicted molar refractivity (Wildman–Crippen MR) is 149 cm³/mol. The summed E-state index contributed by atoms with van der Waals surface area (Å²) in [6, 6.07) is 25.1. The molecule has 1 aliphatic heterocycles. The summed E-state index contributed by atoms with van der Waals surface area (Å²) in [6.07, 6.45) is 2.16. The number of carbonyl (C=O) groups is 3. The normalized spacial score (nSPS) is 17.1. The molecule has 3 unspecified atom stereocenters. The molecule has 4 aromatic rings. The summed E-state index contributed by atoms with van der Waals surface area (Å²) >= 11 is 0. The Balaban J connectivity index is 1.58. The summed E-state index contributed by atoms with van der Waals surface area (Å²) in [5, 5.41) is 22.7. The molecule has 2 aromatic carbocycles. The van der Waals surface area contributed by atoms with Gasteiger partial charge in [-0.25, -0.2) is 9.78 Å². The molecule has 5 rings (SSSR count). The standard InChI is InChI=1S/C30H28N6O4/c37-25-18-23(34-30(40)36-25)29(39)33-21-13-5-4-12-20(21)27(35-24-15-7-9-17-32-24)26(22-14-6-8-16-31-22)28(38)19-10-2-1-3-11-19/h1-17,23,26-28,38H,18H2,(H,32,35)(H,33,39)(H2,34,36,37,40)/t23-,26?,27?,28?/m0/s1. The molecule has 0 spiro atoms. The number of nitrogens with zero attached hydrogens (tertiary/aromatic N) is 2. The fourth-order valence-corrected chi connectivity index (χ4v) is 4.78. The molecular weight excluding hydrogens is 508 g/mol. The number of carbonyl (C=O) groups excluding carboxylic acids is 3. The Morgan fingerprint density at radius 3 is 2.27 bits per heavy atom. The number of pyridine rings is 2. The van der Waals surface area contributed by atoms with Gasteiger partial charge in [-0.3, -0.25) is 19.9 Å². The summed E-state index contributed by atoms with van der Waals surface area (Å²) in [5.41, 5.74) is 2.43. The van der Waals surface area contributed by atoms with Gasteiger partial charge in [0.15, 0.2) is 0 Å². The van der Waals surface area contributed by atoms with Gasteiger partial charge in [0.2, 0.25) is 11.8 Å². The zero-order chi connectivity index (χ0) is 27.9. The molecule has 0 radical (unpaired) electrons. The number of hydrogen-bond donors (Lipinski definition) is 5. The second kappa shape index (κ2) is 12.2. The van der Waals surface area contributed by atoms with E-state index in [0.29, 0.717) is 28.3 Å². The van der Waals surface area contributed by atoms with Crippen molar-refractivity contribution in [2.24, 2.45) is 0 Å². The van der Waals surface area contributed by atoms with Gasteiger partial charge < -0.3 is 21.1 Å². The number of nitrogens with one attached hydrogen (secondary N) is 4. The number of anilines is 2. The molecular formula is C30H28N6O4. The van der Waals surface area contributed by atoms with Gasteiger partial charge in [-0.15, -0.1) is 0 Å². The molecule has 0 aliphatic carbocycles. The van der Waals surface area contributed by atoms with Crippen LogP contribution in [0.2, 0.25) is 0 Å². The second-order valence-corrected chi connectivity index (χ2v) is 9.33. The van der Waals surface area contributed by atoms with Gasteiger partial charge in [-0.1, -0.05) is 60.7 Å². The van der Waals surface area contributed by atoms with Crippen molar-refractivity contribution in [3.63, 3.8) is 0 Å². The van der Waals surface area contributed by atoms with Crippen LogP contribution in [-0.4, -0.2) is 39.0 Å². The Morgan fingerprint density at radius 1 is 0.875 bits per heavy atom. The minimum atomic E-state index is -1.03. The van der Waals surface area contributed by atoms with Crippen LogP contribution in [0.4, 0.5) is 16.3 Å². The fourth-order valence-electron chi connectivity index (χ4n) is 4.78. The highest BCUT2D eigenvalue weighted by molar-refractivity contribution is 6.06. The Labute approximate surface area is 230 Å². The quantitative estimate of drug-likeness (QED) is 0.219. The minimum absolute atomic E-state index is 0.182. The first-order valence-electron chi connectivity index (χ1n) is 12.8. The molecule has 1 fully saturated rings. The molecule has 1 aliphatic rings. The van der Waals surface area contributed by atoms with Crippen molar-refractivity contribution in [3.05, 3.63) is 120 Å². The van der Waals surface area contributed by atoms with Crippen LogP contribution in [-0.2, 0) is 9.59 Å². The predicted octanol–water partition coefficient (Wildman–Crippen LogP) is 3.68. The largest absolute Gasteiger partial charge is 0.388 e. The first kappa shape index (κ1) is 26.5. The summed E-state index contributed by atoms with van der Waals surface area (Å²) in [5.74, 6) is -1.13. The van der Waals surface area contributed by atoms with Gasteiger partial charge in [0.25, 0.3) is 0 Å². The van der Waals surface area contributed by atoms with E-state index in [1.165, 1.54) is 0 Å². The lowest BCUT2D eigenvalue weighted by atomic mass is 9.82. The van der Waals surface area contributed by atoms with Gasteiger partial charge in [-0.2, -0.15) is 0 Å². The SMILES string of the molecule is O=C1C[C@@H](C(=O)Nc2ccccc2C(Nc2ccccn2)C(c2ccccn2)C(O)c2ccccc2)NC(=O)N1. The van der Waals surface area contributed by atoms with Crippen LogP contribution in [0.5, 0.6) is 0 Å². The van der Waals surface area contributed by atoms with E-state index in [2.05, 4.69) is 31.2 Å². The molecule has 5 N–H and O–H groups in total. The lowest BCUT2D eigenvalue weighted by Crippen LogP contribution is -2.56. The maximum Gasteiger partial charge on any atom is 0.322 e. The van der Waals surface area contributed by atoms with Crippen molar-refractivity contribution in [2.75, 3.05) is 10.6 Å².